The Labute approximate surface area is 147 Å². The average molecular weight is 347 g/mol. The third-order valence-corrected chi connectivity index (χ3v) is 5.02. The summed E-state index contributed by atoms with van der Waals surface area (Å²) in [6.07, 6.45) is 1.83. The molecule has 0 N–H and O–H groups in total. The third kappa shape index (κ3) is 3.20. The lowest BCUT2D eigenvalue weighted by Crippen LogP contribution is -2.54. The van der Waals surface area contributed by atoms with Gasteiger partial charge >= 0.3 is 0 Å². The highest BCUT2D eigenvalue weighted by Gasteiger charge is 2.34. The van der Waals surface area contributed by atoms with Crippen molar-refractivity contribution >= 4 is 28.3 Å². The number of carbonyl (C=O) groups excluding carboxylic acids is 1. The molecule has 128 valence electrons. The molecule has 1 aromatic carbocycles. The summed E-state index contributed by atoms with van der Waals surface area (Å²) in [6.45, 7) is 9.53. The number of likely N-dealkylation sites (tertiary alicyclic amines) is 1. The standard InChI is InChI=1S/C19H23ClN2O2/c1-11(2)15-5-6-18(17-8-21-19(20)7-16(15)17)24-12(3)14-9-22(10-14)13(4)23/h5-8,11-12,14H,9-10H2,1-4H3. The first-order valence-corrected chi connectivity index (χ1v) is 8.75. The summed E-state index contributed by atoms with van der Waals surface area (Å²) >= 11 is 6.09. The lowest BCUT2D eigenvalue weighted by atomic mass is 9.94. The Kier molecular flexibility index (Phi) is 4.68. The van der Waals surface area contributed by atoms with E-state index in [1.54, 1.807) is 13.1 Å². The molecule has 1 aliphatic heterocycles. The van der Waals surface area contributed by atoms with Crippen molar-refractivity contribution in [1.29, 1.82) is 0 Å². The first-order chi connectivity index (χ1) is 11.4. The van der Waals surface area contributed by atoms with Gasteiger partial charge in [0, 0.05) is 37.5 Å². The molecule has 1 saturated heterocycles. The minimum absolute atomic E-state index is 0.0457. The normalized spacial score (nSPS) is 16.3. The Morgan fingerprint density at radius 3 is 2.62 bits per heavy atom. The topological polar surface area (TPSA) is 42.4 Å². The smallest absolute Gasteiger partial charge is 0.219 e. The monoisotopic (exact) mass is 346 g/mol. The van der Waals surface area contributed by atoms with Crippen LogP contribution in [0.2, 0.25) is 5.15 Å². The Balaban J connectivity index is 1.85. The second-order valence-corrected chi connectivity index (χ2v) is 7.25. The van der Waals surface area contributed by atoms with Gasteiger partial charge in [-0.25, -0.2) is 4.98 Å². The number of pyridine rings is 1. The van der Waals surface area contributed by atoms with Crippen molar-refractivity contribution in [3.05, 3.63) is 35.1 Å². The quantitative estimate of drug-likeness (QED) is 0.777. The van der Waals surface area contributed by atoms with E-state index in [4.69, 9.17) is 16.3 Å². The molecule has 0 aliphatic carbocycles. The minimum Gasteiger partial charge on any atom is -0.490 e. The molecular formula is C19H23ClN2O2. The van der Waals surface area contributed by atoms with E-state index in [9.17, 15) is 4.79 Å². The number of amides is 1. The van der Waals surface area contributed by atoms with E-state index in [-0.39, 0.29) is 12.0 Å². The molecule has 1 amide bonds. The number of ether oxygens (including phenoxy) is 1. The Hall–Kier alpha value is -1.81. The molecule has 0 saturated carbocycles. The van der Waals surface area contributed by atoms with Crippen molar-refractivity contribution in [2.75, 3.05) is 13.1 Å². The van der Waals surface area contributed by atoms with E-state index in [2.05, 4.69) is 31.8 Å². The molecular weight excluding hydrogens is 324 g/mol. The maximum atomic E-state index is 11.3. The molecule has 0 radical (unpaired) electrons. The third-order valence-electron chi connectivity index (χ3n) is 4.82. The molecule has 1 unspecified atom stereocenters. The van der Waals surface area contributed by atoms with Crippen LogP contribution in [0.15, 0.2) is 24.4 Å². The van der Waals surface area contributed by atoms with Crippen LogP contribution < -0.4 is 4.74 Å². The number of hydrogen-bond donors (Lipinski definition) is 0. The number of aromatic nitrogens is 1. The van der Waals surface area contributed by atoms with Gasteiger partial charge in [0.25, 0.3) is 0 Å². The zero-order chi connectivity index (χ0) is 17.4. The lowest BCUT2D eigenvalue weighted by molar-refractivity contribution is -0.137. The van der Waals surface area contributed by atoms with E-state index in [0.29, 0.717) is 17.0 Å². The van der Waals surface area contributed by atoms with Crippen molar-refractivity contribution in [2.24, 2.45) is 5.92 Å². The predicted octanol–water partition coefficient (Wildman–Crippen LogP) is 4.26. The van der Waals surface area contributed by atoms with Gasteiger partial charge in [-0.05, 0) is 35.9 Å². The van der Waals surface area contributed by atoms with E-state index >= 15 is 0 Å². The maximum absolute atomic E-state index is 11.3. The molecule has 24 heavy (non-hydrogen) atoms. The van der Waals surface area contributed by atoms with E-state index in [1.807, 2.05) is 17.0 Å². The fourth-order valence-corrected chi connectivity index (χ4v) is 3.34. The molecule has 4 nitrogen and oxygen atoms in total. The highest BCUT2D eigenvalue weighted by atomic mass is 35.5. The first kappa shape index (κ1) is 17.0. The van der Waals surface area contributed by atoms with Crippen LogP contribution in [0.5, 0.6) is 5.75 Å². The van der Waals surface area contributed by atoms with Crippen LogP contribution in [0.4, 0.5) is 0 Å². The summed E-state index contributed by atoms with van der Waals surface area (Å²) in [5.74, 6) is 1.72. The number of nitrogens with zero attached hydrogens (tertiary/aromatic N) is 2. The van der Waals surface area contributed by atoms with Gasteiger partial charge in [0.15, 0.2) is 0 Å². The van der Waals surface area contributed by atoms with Gasteiger partial charge in [-0.1, -0.05) is 31.5 Å². The molecule has 3 rings (SSSR count). The predicted molar refractivity (Wildman–Crippen MR) is 96.7 cm³/mol. The number of fused-ring (bicyclic) bond motifs is 1. The number of rotatable bonds is 4. The number of halogens is 1. The zero-order valence-electron chi connectivity index (χ0n) is 14.5. The lowest BCUT2D eigenvalue weighted by Gasteiger charge is -2.41. The molecule has 0 spiro atoms. The molecule has 1 aliphatic rings. The largest absolute Gasteiger partial charge is 0.490 e. The SMILES string of the molecule is CC(=O)N1CC(C(C)Oc2ccc(C(C)C)c3cc(Cl)ncc23)C1. The van der Waals surface area contributed by atoms with Crippen molar-refractivity contribution in [3.8, 4) is 5.75 Å². The highest BCUT2D eigenvalue weighted by molar-refractivity contribution is 6.30. The van der Waals surface area contributed by atoms with Crippen LogP contribution in [0.1, 0.15) is 39.2 Å². The molecule has 1 atom stereocenters. The Morgan fingerprint density at radius 1 is 1.29 bits per heavy atom. The van der Waals surface area contributed by atoms with Crippen molar-refractivity contribution in [1.82, 2.24) is 9.88 Å². The van der Waals surface area contributed by atoms with Crippen LogP contribution in [-0.4, -0.2) is 35.0 Å². The summed E-state index contributed by atoms with van der Waals surface area (Å²) < 4.78 is 6.21. The maximum Gasteiger partial charge on any atom is 0.219 e. The Morgan fingerprint density at radius 2 is 2.00 bits per heavy atom. The number of benzene rings is 1. The van der Waals surface area contributed by atoms with Crippen LogP contribution in [0, 0.1) is 5.92 Å². The van der Waals surface area contributed by atoms with Gasteiger partial charge in [0.05, 0.1) is 0 Å². The fraction of sp³-hybridized carbons (Fsp3) is 0.474. The van der Waals surface area contributed by atoms with Crippen LogP contribution >= 0.6 is 11.6 Å². The van der Waals surface area contributed by atoms with Crippen LogP contribution in [0.25, 0.3) is 10.8 Å². The molecule has 2 heterocycles. The average Bonchev–Trinajstić information content (AvgIpc) is 2.44. The van der Waals surface area contributed by atoms with Gasteiger partial charge in [-0.15, -0.1) is 0 Å². The van der Waals surface area contributed by atoms with Gasteiger partial charge in [-0.2, -0.15) is 0 Å². The highest BCUT2D eigenvalue weighted by Crippen LogP contribution is 2.34. The summed E-state index contributed by atoms with van der Waals surface area (Å²) in [6, 6.07) is 6.03. The first-order valence-electron chi connectivity index (χ1n) is 8.37. The van der Waals surface area contributed by atoms with Gasteiger partial charge < -0.3 is 9.64 Å². The minimum atomic E-state index is 0.0457. The van der Waals surface area contributed by atoms with Crippen LogP contribution in [0.3, 0.4) is 0 Å². The van der Waals surface area contributed by atoms with Gasteiger partial charge in [0.1, 0.15) is 17.0 Å². The van der Waals surface area contributed by atoms with E-state index < -0.39 is 0 Å². The fourth-order valence-electron chi connectivity index (χ4n) is 3.18. The number of carbonyl (C=O) groups is 1. The molecule has 1 fully saturated rings. The van der Waals surface area contributed by atoms with Crippen molar-refractivity contribution in [3.63, 3.8) is 0 Å². The summed E-state index contributed by atoms with van der Waals surface area (Å²) in [5, 5.41) is 2.57. The van der Waals surface area contributed by atoms with Gasteiger partial charge in [-0.3, -0.25) is 4.79 Å². The molecule has 5 heteroatoms. The Bertz CT molecular complexity index is 769. The second-order valence-electron chi connectivity index (χ2n) is 6.87. The zero-order valence-corrected chi connectivity index (χ0v) is 15.3. The van der Waals surface area contributed by atoms with Crippen molar-refractivity contribution < 1.29 is 9.53 Å². The molecule has 2 aromatic rings. The molecule has 1 aromatic heterocycles. The van der Waals surface area contributed by atoms with E-state index in [1.165, 1.54) is 5.56 Å². The second kappa shape index (κ2) is 6.60. The van der Waals surface area contributed by atoms with Crippen LogP contribution in [-0.2, 0) is 4.79 Å². The summed E-state index contributed by atoms with van der Waals surface area (Å²) in [7, 11) is 0. The van der Waals surface area contributed by atoms with E-state index in [0.717, 1.165) is 29.6 Å². The molecule has 0 bridgehead atoms. The van der Waals surface area contributed by atoms with Crippen molar-refractivity contribution in [2.45, 2.75) is 39.7 Å². The summed E-state index contributed by atoms with van der Waals surface area (Å²) in [5.41, 5.74) is 1.24. The summed E-state index contributed by atoms with van der Waals surface area (Å²) in [4.78, 5) is 17.4. The number of hydrogen-bond acceptors (Lipinski definition) is 3. The van der Waals surface area contributed by atoms with Gasteiger partial charge in [0.2, 0.25) is 5.91 Å².